The van der Waals surface area contributed by atoms with E-state index in [0.29, 0.717) is 0 Å². The number of aryl methyl sites for hydroxylation is 2. The van der Waals surface area contributed by atoms with E-state index >= 15 is 0 Å². The third kappa shape index (κ3) is 2.83. The highest BCUT2D eigenvalue weighted by atomic mass is 15.3. The fourth-order valence-corrected chi connectivity index (χ4v) is 2.44. The van der Waals surface area contributed by atoms with E-state index in [1.54, 1.807) is 0 Å². The highest BCUT2D eigenvalue weighted by Crippen LogP contribution is 2.15. The third-order valence-corrected chi connectivity index (χ3v) is 3.44. The van der Waals surface area contributed by atoms with Crippen molar-refractivity contribution in [1.82, 2.24) is 14.8 Å². The minimum atomic E-state index is 1.12. The molecule has 90 valence electrons. The number of unbranched alkanes of at least 4 members (excludes halogenated alkanes) is 3. The SMILES string of the molecule is CCCCCCc1nnc2n1CCCCC2. The van der Waals surface area contributed by atoms with Crippen molar-refractivity contribution in [2.75, 3.05) is 0 Å². The van der Waals surface area contributed by atoms with Crippen molar-refractivity contribution in [2.45, 2.75) is 71.3 Å². The zero-order chi connectivity index (χ0) is 11.2. The van der Waals surface area contributed by atoms with Gasteiger partial charge in [-0.3, -0.25) is 0 Å². The highest BCUT2D eigenvalue weighted by molar-refractivity contribution is 4.98. The molecule has 0 saturated carbocycles. The summed E-state index contributed by atoms with van der Waals surface area (Å²) in [6, 6.07) is 0. The Morgan fingerprint density at radius 3 is 2.88 bits per heavy atom. The summed E-state index contributed by atoms with van der Waals surface area (Å²) in [5, 5.41) is 8.68. The zero-order valence-electron chi connectivity index (χ0n) is 10.4. The van der Waals surface area contributed by atoms with E-state index in [1.165, 1.54) is 56.6 Å². The smallest absolute Gasteiger partial charge is 0.132 e. The van der Waals surface area contributed by atoms with E-state index in [0.717, 1.165) is 19.4 Å². The van der Waals surface area contributed by atoms with Crippen molar-refractivity contribution in [2.24, 2.45) is 0 Å². The quantitative estimate of drug-likeness (QED) is 0.715. The monoisotopic (exact) mass is 221 g/mol. The van der Waals surface area contributed by atoms with Crippen LogP contribution in [-0.4, -0.2) is 14.8 Å². The lowest BCUT2D eigenvalue weighted by molar-refractivity contribution is 0.582. The third-order valence-electron chi connectivity index (χ3n) is 3.44. The lowest BCUT2D eigenvalue weighted by atomic mass is 10.1. The second-order valence-corrected chi connectivity index (χ2v) is 4.81. The van der Waals surface area contributed by atoms with Crippen LogP contribution >= 0.6 is 0 Å². The summed E-state index contributed by atoms with van der Waals surface area (Å²) < 4.78 is 2.37. The Bertz CT molecular complexity index is 317. The van der Waals surface area contributed by atoms with Crippen LogP contribution in [0.4, 0.5) is 0 Å². The van der Waals surface area contributed by atoms with Gasteiger partial charge in [0.1, 0.15) is 11.6 Å². The average Bonchev–Trinajstić information content (AvgIpc) is 2.54. The maximum absolute atomic E-state index is 4.35. The van der Waals surface area contributed by atoms with Gasteiger partial charge in [0.2, 0.25) is 0 Å². The van der Waals surface area contributed by atoms with Gasteiger partial charge >= 0.3 is 0 Å². The second kappa shape index (κ2) is 6.02. The first-order valence-corrected chi connectivity index (χ1v) is 6.82. The zero-order valence-corrected chi connectivity index (χ0v) is 10.4. The average molecular weight is 221 g/mol. The summed E-state index contributed by atoms with van der Waals surface area (Å²) in [4.78, 5) is 0. The molecule has 1 aliphatic heterocycles. The Labute approximate surface area is 98.3 Å². The molecule has 0 amide bonds. The molecule has 0 atom stereocenters. The van der Waals surface area contributed by atoms with Crippen LogP contribution in [-0.2, 0) is 19.4 Å². The predicted molar refractivity (Wildman–Crippen MR) is 65.4 cm³/mol. The summed E-state index contributed by atoms with van der Waals surface area (Å²) >= 11 is 0. The summed E-state index contributed by atoms with van der Waals surface area (Å²) in [5.41, 5.74) is 0. The molecule has 1 aromatic rings. The predicted octanol–water partition coefficient (Wildman–Crippen LogP) is 3.13. The van der Waals surface area contributed by atoms with E-state index in [4.69, 9.17) is 0 Å². The van der Waals surface area contributed by atoms with E-state index in [1.807, 2.05) is 0 Å². The van der Waals surface area contributed by atoms with Crippen molar-refractivity contribution in [3.8, 4) is 0 Å². The lowest BCUT2D eigenvalue weighted by Crippen LogP contribution is -2.06. The molecule has 0 fully saturated rings. The summed E-state index contributed by atoms with van der Waals surface area (Å²) in [6.07, 6.45) is 11.4. The van der Waals surface area contributed by atoms with Gasteiger partial charge in [0.15, 0.2) is 0 Å². The van der Waals surface area contributed by atoms with Gasteiger partial charge in [-0.2, -0.15) is 0 Å². The van der Waals surface area contributed by atoms with Gasteiger partial charge in [0.25, 0.3) is 0 Å². The van der Waals surface area contributed by atoms with E-state index in [2.05, 4.69) is 21.7 Å². The Morgan fingerprint density at radius 2 is 2.00 bits per heavy atom. The van der Waals surface area contributed by atoms with Crippen LogP contribution in [0, 0.1) is 0 Å². The second-order valence-electron chi connectivity index (χ2n) is 4.81. The normalized spacial score (nSPS) is 15.8. The van der Waals surface area contributed by atoms with Gasteiger partial charge < -0.3 is 4.57 Å². The van der Waals surface area contributed by atoms with Crippen molar-refractivity contribution < 1.29 is 0 Å². The van der Waals surface area contributed by atoms with Crippen LogP contribution in [0.15, 0.2) is 0 Å². The Balaban J connectivity index is 1.91. The molecule has 3 nitrogen and oxygen atoms in total. The topological polar surface area (TPSA) is 30.7 Å². The van der Waals surface area contributed by atoms with Crippen LogP contribution in [0.1, 0.15) is 63.5 Å². The van der Waals surface area contributed by atoms with Crippen LogP contribution < -0.4 is 0 Å². The van der Waals surface area contributed by atoms with Gasteiger partial charge in [-0.25, -0.2) is 0 Å². The van der Waals surface area contributed by atoms with Crippen molar-refractivity contribution in [3.05, 3.63) is 11.6 Å². The minimum Gasteiger partial charge on any atom is -0.315 e. The van der Waals surface area contributed by atoms with E-state index < -0.39 is 0 Å². The van der Waals surface area contributed by atoms with E-state index in [-0.39, 0.29) is 0 Å². The molecule has 3 heteroatoms. The van der Waals surface area contributed by atoms with Gasteiger partial charge in [-0.15, -0.1) is 10.2 Å². The first-order chi connectivity index (χ1) is 7.92. The molecular formula is C13H23N3. The Morgan fingerprint density at radius 1 is 1.06 bits per heavy atom. The Kier molecular flexibility index (Phi) is 4.37. The van der Waals surface area contributed by atoms with E-state index in [9.17, 15) is 0 Å². The highest BCUT2D eigenvalue weighted by Gasteiger charge is 2.13. The van der Waals surface area contributed by atoms with Crippen LogP contribution in [0.3, 0.4) is 0 Å². The fourth-order valence-electron chi connectivity index (χ4n) is 2.44. The molecule has 0 saturated heterocycles. The maximum Gasteiger partial charge on any atom is 0.132 e. The molecule has 0 aliphatic carbocycles. The molecular weight excluding hydrogens is 198 g/mol. The Hall–Kier alpha value is -0.860. The molecule has 2 heterocycles. The molecule has 1 aromatic heterocycles. The van der Waals surface area contributed by atoms with Gasteiger partial charge in [-0.05, 0) is 19.3 Å². The summed E-state index contributed by atoms with van der Waals surface area (Å²) in [7, 11) is 0. The van der Waals surface area contributed by atoms with Crippen molar-refractivity contribution in [3.63, 3.8) is 0 Å². The van der Waals surface area contributed by atoms with Crippen LogP contribution in [0.5, 0.6) is 0 Å². The number of hydrogen-bond acceptors (Lipinski definition) is 2. The molecule has 0 bridgehead atoms. The maximum atomic E-state index is 4.35. The fraction of sp³-hybridized carbons (Fsp3) is 0.846. The summed E-state index contributed by atoms with van der Waals surface area (Å²) in [6.45, 7) is 3.40. The van der Waals surface area contributed by atoms with Crippen LogP contribution in [0.2, 0.25) is 0 Å². The number of nitrogens with zero attached hydrogens (tertiary/aromatic N) is 3. The summed E-state index contributed by atoms with van der Waals surface area (Å²) in [5.74, 6) is 2.45. The van der Waals surface area contributed by atoms with Crippen LogP contribution in [0.25, 0.3) is 0 Å². The van der Waals surface area contributed by atoms with Gasteiger partial charge in [0, 0.05) is 19.4 Å². The minimum absolute atomic E-state index is 1.12. The molecule has 16 heavy (non-hydrogen) atoms. The van der Waals surface area contributed by atoms with Gasteiger partial charge in [0.05, 0.1) is 0 Å². The number of fused-ring (bicyclic) bond motifs is 1. The number of rotatable bonds is 5. The molecule has 1 aliphatic rings. The molecule has 0 N–H and O–H groups in total. The largest absolute Gasteiger partial charge is 0.315 e. The standard InChI is InChI=1S/C13H23N3/c1-2-3-4-6-9-12-14-15-13-10-7-5-8-11-16(12)13/h2-11H2,1H3. The van der Waals surface area contributed by atoms with Crippen molar-refractivity contribution >= 4 is 0 Å². The van der Waals surface area contributed by atoms with Gasteiger partial charge in [-0.1, -0.05) is 32.6 Å². The molecule has 0 aromatic carbocycles. The van der Waals surface area contributed by atoms with Crippen molar-refractivity contribution in [1.29, 1.82) is 0 Å². The molecule has 0 unspecified atom stereocenters. The molecule has 0 spiro atoms. The lowest BCUT2D eigenvalue weighted by Gasteiger charge is -2.06. The molecule has 2 rings (SSSR count). The first-order valence-electron chi connectivity index (χ1n) is 6.82. The number of hydrogen-bond donors (Lipinski definition) is 0. The molecule has 0 radical (unpaired) electrons. The first kappa shape index (κ1) is 11.6. The number of aromatic nitrogens is 3.